The number of ether oxygens (including phenoxy) is 1. The number of carbonyl (C=O) groups is 2. The Bertz CT molecular complexity index is 786. The molecule has 0 atom stereocenters. The van der Waals surface area contributed by atoms with Gasteiger partial charge in [0.05, 0.1) is 18.6 Å². The summed E-state index contributed by atoms with van der Waals surface area (Å²) in [6.45, 7) is 2.31. The summed E-state index contributed by atoms with van der Waals surface area (Å²) in [5.41, 5.74) is 5.98. The molecule has 144 valence electrons. The van der Waals surface area contributed by atoms with Crippen molar-refractivity contribution in [3.63, 3.8) is 0 Å². The molecule has 0 saturated carbocycles. The second kappa shape index (κ2) is 8.05. The molecule has 1 aliphatic rings. The summed E-state index contributed by atoms with van der Waals surface area (Å²) < 4.78 is 31.6. The summed E-state index contributed by atoms with van der Waals surface area (Å²) in [6.07, 6.45) is 1.02. The van der Waals surface area contributed by atoms with Crippen LogP contribution in [0.1, 0.15) is 18.4 Å². The molecule has 0 aromatic heterocycles. The number of primary amides is 1. The van der Waals surface area contributed by atoms with E-state index in [9.17, 15) is 18.0 Å². The Balaban J connectivity index is 2.04. The van der Waals surface area contributed by atoms with Crippen molar-refractivity contribution in [3.8, 4) is 5.75 Å². The van der Waals surface area contributed by atoms with Crippen LogP contribution in [0, 0.1) is 12.8 Å². The van der Waals surface area contributed by atoms with Gasteiger partial charge in [0.25, 0.3) is 0 Å². The lowest BCUT2D eigenvalue weighted by atomic mass is 9.96. The van der Waals surface area contributed by atoms with Gasteiger partial charge in [-0.25, -0.2) is 8.42 Å². The van der Waals surface area contributed by atoms with Gasteiger partial charge < -0.3 is 15.4 Å². The van der Waals surface area contributed by atoms with Gasteiger partial charge in [-0.2, -0.15) is 4.31 Å². The highest BCUT2D eigenvalue weighted by Gasteiger charge is 2.29. The number of aryl methyl sites for hydroxylation is 1. The molecular formula is C17H25N3O5S. The number of nitrogens with two attached hydrogens (primary N) is 1. The Morgan fingerprint density at radius 2 is 1.92 bits per heavy atom. The fourth-order valence-electron chi connectivity index (χ4n) is 2.98. The first kappa shape index (κ1) is 20.2. The van der Waals surface area contributed by atoms with E-state index < -0.39 is 10.0 Å². The Morgan fingerprint density at radius 3 is 2.42 bits per heavy atom. The third-order valence-electron chi connectivity index (χ3n) is 4.68. The van der Waals surface area contributed by atoms with E-state index in [1.54, 1.807) is 17.9 Å². The maximum Gasteiger partial charge on any atom is 0.243 e. The number of sulfonamides is 1. The number of nitrogens with zero attached hydrogens (tertiary/aromatic N) is 2. The molecule has 2 N–H and O–H groups in total. The van der Waals surface area contributed by atoms with Crippen molar-refractivity contribution in [2.24, 2.45) is 11.7 Å². The lowest BCUT2D eigenvalue weighted by Gasteiger charge is -2.31. The van der Waals surface area contributed by atoms with Crippen LogP contribution in [0.25, 0.3) is 0 Å². The van der Waals surface area contributed by atoms with Crippen LogP contribution in [0.5, 0.6) is 5.75 Å². The Hall–Kier alpha value is -2.13. The molecule has 1 heterocycles. The maximum atomic E-state index is 12.7. The predicted octanol–water partition coefficient (Wildman–Crippen LogP) is 0.348. The van der Waals surface area contributed by atoms with Crippen LogP contribution in [0.2, 0.25) is 0 Å². The van der Waals surface area contributed by atoms with Gasteiger partial charge in [-0.15, -0.1) is 0 Å². The molecule has 1 fully saturated rings. The maximum absolute atomic E-state index is 12.7. The number of likely N-dealkylation sites (tertiary alicyclic amines) is 1. The molecule has 0 radical (unpaired) electrons. The van der Waals surface area contributed by atoms with Gasteiger partial charge in [-0.3, -0.25) is 9.59 Å². The van der Waals surface area contributed by atoms with E-state index >= 15 is 0 Å². The molecule has 1 saturated heterocycles. The van der Waals surface area contributed by atoms with Crippen molar-refractivity contribution in [2.75, 3.05) is 33.8 Å². The molecule has 0 spiro atoms. The van der Waals surface area contributed by atoms with Crippen molar-refractivity contribution < 1.29 is 22.7 Å². The molecule has 8 nitrogen and oxygen atoms in total. The van der Waals surface area contributed by atoms with Crippen LogP contribution >= 0.6 is 0 Å². The molecule has 1 aromatic carbocycles. The van der Waals surface area contributed by atoms with E-state index in [2.05, 4.69) is 0 Å². The van der Waals surface area contributed by atoms with Gasteiger partial charge >= 0.3 is 0 Å². The van der Waals surface area contributed by atoms with E-state index in [1.165, 1.54) is 26.3 Å². The van der Waals surface area contributed by atoms with Crippen LogP contribution in [-0.4, -0.2) is 63.2 Å². The van der Waals surface area contributed by atoms with Crippen LogP contribution in [0.15, 0.2) is 23.1 Å². The predicted molar refractivity (Wildman–Crippen MR) is 96.0 cm³/mol. The Morgan fingerprint density at radius 1 is 1.31 bits per heavy atom. The smallest absolute Gasteiger partial charge is 0.243 e. The van der Waals surface area contributed by atoms with E-state index in [-0.39, 0.29) is 29.2 Å². The number of carbonyl (C=O) groups excluding carboxylic acids is 2. The normalized spacial score (nSPS) is 15.9. The molecule has 9 heteroatoms. The minimum Gasteiger partial charge on any atom is -0.496 e. The zero-order chi connectivity index (χ0) is 19.5. The standard InChI is InChI=1S/C17H25N3O5S/c1-12-10-14(4-5-15(12)25-3)26(23,24)19(2)11-16(21)20-8-6-13(7-9-20)17(18)22/h4-5,10,13H,6-9,11H2,1-3H3,(H2,18,22). The van der Waals surface area contributed by atoms with E-state index in [0.29, 0.717) is 37.2 Å². The second-order valence-corrected chi connectivity index (χ2v) is 8.49. The van der Waals surface area contributed by atoms with Gasteiger partial charge in [0.15, 0.2) is 0 Å². The van der Waals surface area contributed by atoms with Gasteiger partial charge in [-0.05, 0) is 43.5 Å². The average Bonchev–Trinajstić information content (AvgIpc) is 2.61. The number of benzene rings is 1. The van der Waals surface area contributed by atoms with Crippen LogP contribution in [0.3, 0.4) is 0 Å². The summed E-state index contributed by atoms with van der Waals surface area (Å²) in [4.78, 5) is 25.3. The third-order valence-corrected chi connectivity index (χ3v) is 6.48. The van der Waals surface area contributed by atoms with E-state index in [4.69, 9.17) is 10.5 Å². The fourth-order valence-corrected chi connectivity index (χ4v) is 4.19. The molecule has 2 rings (SSSR count). The lowest BCUT2D eigenvalue weighted by molar-refractivity contribution is -0.134. The van der Waals surface area contributed by atoms with Gasteiger partial charge in [-0.1, -0.05) is 0 Å². The number of rotatable bonds is 6. The van der Waals surface area contributed by atoms with Crippen molar-refractivity contribution in [1.82, 2.24) is 9.21 Å². The zero-order valence-corrected chi connectivity index (χ0v) is 16.1. The topological polar surface area (TPSA) is 110 Å². The minimum atomic E-state index is -3.79. The summed E-state index contributed by atoms with van der Waals surface area (Å²) in [5.74, 6) is -0.265. The minimum absolute atomic E-state index is 0.110. The van der Waals surface area contributed by atoms with Crippen LogP contribution in [-0.2, 0) is 19.6 Å². The number of hydrogen-bond donors (Lipinski definition) is 1. The molecule has 26 heavy (non-hydrogen) atoms. The van der Waals surface area contributed by atoms with Crippen molar-refractivity contribution >= 4 is 21.8 Å². The van der Waals surface area contributed by atoms with Crippen molar-refractivity contribution in [1.29, 1.82) is 0 Å². The number of amides is 2. The summed E-state index contributed by atoms with van der Waals surface area (Å²) in [7, 11) is -0.894. The van der Waals surface area contributed by atoms with Gasteiger partial charge in [0.1, 0.15) is 5.75 Å². The Labute approximate surface area is 153 Å². The largest absolute Gasteiger partial charge is 0.496 e. The average molecular weight is 383 g/mol. The van der Waals surface area contributed by atoms with Gasteiger partial charge in [0, 0.05) is 26.1 Å². The molecule has 1 aliphatic heterocycles. The molecule has 1 aromatic rings. The van der Waals surface area contributed by atoms with E-state index in [1.807, 2.05) is 0 Å². The zero-order valence-electron chi connectivity index (χ0n) is 15.3. The summed E-state index contributed by atoms with van der Waals surface area (Å²) in [6, 6.07) is 4.57. The Kier molecular flexibility index (Phi) is 6.25. The molecule has 0 aliphatic carbocycles. The van der Waals surface area contributed by atoms with Crippen molar-refractivity contribution in [3.05, 3.63) is 23.8 Å². The third kappa shape index (κ3) is 4.34. The second-order valence-electron chi connectivity index (χ2n) is 6.45. The first-order chi connectivity index (χ1) is 12.2. The van der Waals surface area contributed by atoms with Crippen LogP contribution in [0.4, 0.5) is 0 Å². The van der Waals surface area contributed by atoms with Crippen molar-refractivity contribution in [2.45, 2.75) is 24.7 Å². The highest BCUT2D eigenvalue weighted by molar-refractivity contribution is 7.89. The fraction of sp³-hybridized carbons (Fsp3) is 0.529. The van der Waals surface area contributed by atoms with E-state index in [0.717, 1.165) is 4.31 Å². The number of hydrogen-bond acceptors (Lipinski definition) is 5. The highest BCUT2D eigenvalue weighted by Crippen LogP contribution is 2.23. The highest BCUT2D eigenvalue weighted by atomic mass is 32.2. The lowest BCUT2D eigenvalue weighted by Crippen LogP contribution is -2.46. The number of methoxy groups -OCH3 is 1. The summed E-state index contributed by atoms with van der Waals surface area (Å²) >= 11 is 0. The molecule has 0 bridgehead atoms. The number of piperidine rings is 1. The molecule has 0 unspecified atom stereocenters. The summed E-state index contributed by atoms with van der Waals surface area (Å²) in [5, 5.41) is 0. The molecule has 2 amide bonds. The van der Waals surface area contributed by atoms with Crippen LogP contribution < -0.4 is 10.5 Å². The van der Waals surface area contributed by atoms with Gasteiger partial charge in [0.2, 0.25) is 21.8 Å². The molecular weight excluding hydrogens is 358 g/mol. The monoisotopic (exact) mass is 383 g/mol. The number of likely N-dealkylation sites (N-methyl/N-ethyl adjacent to an activating group) is 1. The first-order valence-electron chi connectivity index (χ1n) is 8.35. The quantitative estimate of drug-likeness (QED) is 0.762. The SMILES string of the molecule is COc1ccc(S(=O)(=O)N(C)CC(=O)N2CCC(C(N)=O)CC2)cc1C. The first-order valence-corrected chi connectivity index (χ1v) is 9.79.